The number of hydrogen-bond donors (Lipinski definition) is 2. The van der Waals surface area contributed by atoms with Gasteiger partial charge in [0.1, 0.15) is 9.71 Å². The minimum absolute atomic E-state index is 0.245. The molecule has 0 fully saturated rings. The van der Waals surface area contributed by atoms with Crippen molar-refractivity contribution in [2.24, 2.45) is 0 Å². The van der Waals surface area contributed by atoms with Crippen LogP contribution in [-0.4, -0.2) is 27.0 Å². The Bertz CT molecular complexity index is 201. The van der Waals surface area contributed by atoms with Crippen LogP contribution in [-0.2, 0) is 4.74 Å². The molecule has 5 heteroatoms. The highest BCUT2D eigenvalue weighted by Gasteiger charge is 2.22. The van der Waals surface area contributed by atoms with Crippen molar-refractivity contribution in [1.82, 2.24) is 5.32 Å². The van der Waals surface area contributed by atoms with Crippen LogP contribution in [0.25, 0.3) is 0 Å². The summed E-state index contributed by atoms with van der Waals surface area (Å²) < 4.78 is 4.51. The summed E-state index contributed by atoms with van der Waals surface area (Å²) in [4.78, 5) is 11.4. The van der Waals surface area contributed by atoms with E-state index in [0.717, 1.165) is 12.8 Å². The van der Waals surface area contributed by atoms with E-state index in [1.54, 1.807) is 0 Å². The van der Waals surface area contributed by atoms with E-state index in [-0.39, 0.29) is 6.04 Å². The Morgan fingerprint density at radius 3 is 2.40 bits per heavy atom. The average molecular weight is 329 g/mol. The normalized spacial score (nSPS) is 15.6. The minimum Gasteiger partial charge on any atom is -0.444 e. The van der Waals surface area contributed by atoms with Crippen LogP contribution in [0.2, 0.25) is 0 Å². The van der Waals surface area contributed by atoms with Gasteiger partial charge < -0.3 is 15.2 Å². The van der Waals surface area contributed by atoms with E-state index in [1.165, 1.54) is 0 Å². The van der Waals surface area contributed by atoms with Gasteiger partial charge in [0.15, 0.2) is 0 Å². The lowest BCUT2D eigenvalue weighted by molar-refractivity contribution is 0.0473. The van der Waals surface area contributed by atoms with Gasteiger partial charge in [-0.2, -0.15) is 0 Å². The van der Waals surface area contributed by atoms with Gasteiger partial charge in [0.25, 0.3) is 0 Å². The first-order valence-corrected chi connectivity index (χ1v) is 6.32. The van der Waals surface area contributed by atoms with Gasteiger partial charge in [0, 0.05) is 0 Å². The highest BCUT2D eigenvalue weighted by molar-refractivity contribution is 14.1. The second kappa shape index (κ2) is 6.52. The van der Waals surface area contributed by atoms with Crippen LogP contribution >= 0.6 is 22.6 Å². The van der Waals surface area contributed by atoms with Gasteiger partial charge in [-0.15, -0.1) is 0 Å². The zero-order valence-corrected chi connectivity index (χ0v) is 11.9. The molecule has 1 unspecified atom stereocenters. The van der Waals surface area contributed by atoms with Crippen LogP contribution in [0.15, 0.2) is 0 Å². The number of ether oxygens (including phenoxy) is 1. The number of aliphatic hydroxyl groups is 1. The number of halogens is 1. The highest BCUT2D eigenvalue weighted by Crippen LogP contribution is 2.11. The van der Waals surface area contributed by atoms with Crippen molar-refractivity contribution in [1.29, 1.82) is 0 Å². The molecule has 0 aromatic heterocycles. The Hall–Kier alpha value is -0.0400. The molecule has 0 aromatic carbocycles. The first kappa shape index (κ1) is 15.0. The maximum absolute atomic E-state index is 11.4. The third-order valence-corrected chi connectivity index (χ3v) is 2.50. The molecule has 0 heterocycles. The molecule has 2 atom stereocenters. The summed E-state index contributed by atoms with van der Waals surface area (Å²) in [6.45, 7) is 7.43. The van der Waals surface area contributed by atoms with E-state index in [9.17, 15) is 9.90 Å². The zero-order chi connectivity index (χ0) is 12.1. The molecule has 0 aromatic rings. The fourth-order valence-corrected chi connectivity index (χ4v) is 1.59. The maximum atomic E-state index is 11.4. The average Bonchev–Trinajstić information content (AvgIpc) is 1.99. The predicted molar refractivity (Wildman–Crippen MR) is 68.1 cm³/mol. The van der Waals surface area contributed by atoms with Crippen LogP contribution in [0.1, 0.15) is 40.5 Å². The van der Waals surface area contributed by atoms with Crippen molar-refractivity contribution in [2.45, 2.75) is 56.3 Å². The van der Waals surface area contributed by atoms with E-state index in [2.05, 4.69) is 5.32 Å². The van der Waals surface area contributed by atoms with E-state index in [0.29, 0.717) is 0 Å². The molecule has 0 saturated carbocycles. The van der Waals surface area contributed by atoms with Crippen molar-refractivity contribution in [3.63, 3.8) is 0 Å². The molecule has 0 rings (SSSR count). The lowest BCUT2D eigenvalue weighted by atomic mass is 10.2. The van der Waals surface area contributed by atoms with E-state index in [1.807, 2.05) is 50.3 Å². The molecule has 0 aliphatic rings. The summed E-state index contributed by atoms with van der Waals surface area (Å²) in [6, 6.07) is -0.245. The second-order valence-electron chi connectivity index (χ2n) is 4.41. The number of carbonyl (C=O) groups excluding carboxylic acids is 1. The third-order valence-electron chi connectivity index (χ3n) is 1.63. The Labute approximate surface area is 105 Å². The Morgan fingerprint density at radius 2 is 2.07 bits per heavy atom. The number of aliphatic hydroxyl groups excluding tert-OH is 1. The number of carbonyl (C=O) groups is 1. The lowest BCUT2D eigenvalue weighted by Crippen LogP contribution is -2.43. The Morgan fingerprint density at radius 1 is 1.53 bits per heavy atom. The van der Waals surface area contributed by atoms with Crippen molar-refractivity contribution in [3.8, 4) is 0 Å². The van der Waals surface area contributed by atoms with Crippen molar-refractivity contribution < 1.29 is 14.6 Å². The number of rotatable bonds is 4. The summed E-state index contributed by atoms with van der Waals surface area (Å²) in [7, 11) is 0. The molecular formula is C10H20INO3. The summed E-state index contributed by atoms with van der Waals surface area (Å²) in [5.41, 5.74) is -0.503. The maximum Gasteiger partial charge on any atom is 0.407 e. The summed E-state index contributed by atoms with van der Waals surface area (Å²) >= 11 is 1.88. The molecule has 2 N–H and O–H groups in total. The monoisotopic (exact) mass is 329 g/mol. The van der Waals surface area contributed by atoms with Crippen LogP contribution < -0.4 is 5.32 Å². The van der Waals surface area contributed by atoms with Crippen LogP contribution in [0.4, 0.5) is 4.79 Å². The Kier molecular flexibility index (Phi) is 6.51. The molecule has 1 amide bonds. The van der Waals surface area contributed by atoms with Crippen LogP contribution in [0.5, 0.6) is 0 Å². The predicted octanol–water partition coefficient (Wildman–Crippen LogP) is 2.43. The summed E-state index contributed by atoms with van der Waals surface area (Å²) in [6.07, 6.45) is 1.17. The van der Waals surface area contributed by atoms with Crippen molar-refractivity contribution in [2.75, 3.05) is 0 Å². The SMILES string of the molecule is CCC[C@@H](NC(=O)OC(C)(C)C)C(O)I. The van der Waals surface area contributed by atoms with Gasteiger partial charge in [-0.3, -0.25) is 0 Å². The smallest absolute Gasteiger partial charge is 0.407 e. The number of nitrogens with one attached hydrogen (secondary N) is 1. The largest absolute Gasteiger partial charge is 0.444 e. The lowest BCUT2D eigenvalue weighted by Gasteiger charge is -2.24. The molecular weight excluding hydrogens is 309 g/mol. The molecule has 0 spiro atoms. The van der Waals surface area contributed by atoms with E-state index < -0.39 is 15.8 Å². The fourth-order valence-electron chi connectivity index (χ4n) is 1.05. The standard InChI is InChI=1S/C10H20INO3/c1-5-6-7(8(11)13)12-9(14)15-10(2,3)4/h7-8,13H,5-6H2,1-4H3,(H,12,14)/t7-,8?/m1/s1. The van der Waals surface area contributed by atoms with E-state index in [4.69, 9.17) is 4.74 Å². The summed E-state index contributed by atoms with van der Waals surface area (Å²) in [5, 5.41) is 12.1. The van der Waals surface area contributed by atoms with Crippen molar-refractivity contribution >= 4 is 28.7 Å². The van der Waals surface area contributed by atoms with Crippen LogP contribution in [0, 0.1) is 0 Å². The first-order chi connectivity index (χ1) is 6.76. The number of amides is 1. The second-order valence-corrected chi connectivity index (χ2v) is 5.69. The topological polar surface area (TPSA) is 58.6 Å². The fraction of sp³-hybridized carbons (Fsp3) is 0.900. The molecule has 4 nitrogen and oxygen atoms in total. The number of hydrogen-bond acceptors (Lipinski definition) is 3. The molecule has 0 radical (unpaired) electrons. The van der Waals surface area contributed by atoms with Gasteiger partial charge >= 0.3 is 6.09 Å². The number of alkyl carbamates (subject to hydrolysis) is 1. The van der Waals surface area contributed by atoms with Gasteiger partial charge in [-0.25, -0.2) is 4.79 Å². The summed E-state index contributed by atoms with van der Waals surface area (Å²) in [5.74, 6) is 0. The molecule has 0 saturated heterocycles. The van der Waals surface area contributed by atoms with Crippen molar-refractivity contribution in [3.05, 3.63) is 0 Å². The van der Waals surface area contributed by atoms with Gasteiger partial charge in [-0.1, -0.05) is 13.3 Å². The zero-order valence-electron chi connectivity index (χ0n) is 9.71. The molecule has 90 valence electrons. The van der Waals surface area contributed by atoms with Crippen LogP contribution in [0.3, 0.4) is 0 Å². The van der Waals surface area contributed by atoms with Gasteiger partial charge in [-0.05, 0) is 49.8 Å². The third kappa shape index (κ3) is 7.84. The molecule has 0 aliphatic heterocycles. The van der Waals surface area contributed by atoms with Gasteiger partial charge in [0.2, 0.25) is 0 Å². The first-order valence-electron chi connectivity index (χ1n) is 5.08. The minimum atomic E-state index is -0.588. The quantitative estimate of drug-likeness (QED) is 0.615. The molecule has 0 aliphatic carbocycles. The molecule has 0 bridgehead atoms. The Balaban J connectivity index is 4.11. The highest BCUT2D eigenvalue weighted by atomic mass is 127. The van der Waals surface area contributed by atoms with E-state index >= 15 is 0 Å². The molecule has 15 heavy (non-hydrogen) atoms. The van der Waals surface area contributed by atoms with Gasteiger partial charge in [0.05, 0.1) is 6.04 Å². The number of alkyl halides is 1.